The van der Waals surface area contributed by atoms with Crippen molar-refractivity contribution in [2.45, 2.75) is 0 Å². The van der Waals surface area contributed by atoms with Crippen LogP contribution >= 0.6 is 0 Å². The topological polar surface area (TPSA) is 60.2 Å². The first-order valence-corrected chi connectivity index (χ1v) is 1.59. The molecule has 0 N–H and O–H groups in total. The highest BCUT2D eigenvalue weighted by molar-refractivity contribution is 5.83. The Balaban J connectivity index is 4.05. The third-order valence-corrected chi connectivity index (χ3v) is 0.447. The molecular formula is C3H2FNO3. The number of halogens is 1. The summed E-state index contributed by atoms with van der Waals surface area (Å²) in [5, 5.41) is 9.39. The molecule has 4 nitrogen and oxygen atoms in total. The van der Waals surface area contributed by atoms with Gasteiger partial charge in [-0.3, -0.25) is 10.1 Å². The van der Waals surface area contributed by atoms with Gasteiger partial charge in [0.25, 0.3) is 0 Å². The number of nitrogens with zero attached hydrogens (tertiary/aromatic N) is 1. The average Bonchev–Trinajstić information content (AvgIpc) is 1.64. The van der Waals surface area contributed by atoms with Gasteiger partial charge in [0.2, 0.25) is 0 Å². The van der Waals surface area contributed by atoms with Crippen molar-refractivity contribution < 1.29 is 14.1 Å². The van der Waals surface area contributed by atoms with Crippen LogP contribution in [0.1, 0.15) is 0 Å². The van der Waals surface area contributed by atoms with Gasteiger partial charge in [0.1, 0.15) is 0 Å². The highest BCUT2D eigenvalue weighted by atomic mass is 19.1. The highest BCUT2D eigenvalue weighted by Crippen LogP contribution is 1.91. The number of hydrogen-bond acceptors (Lipinski definition) is 3. The van der Waals surface area contributed by atoms with Crippen LogP contribution in [0, 0.1) is 10.1 Å². The zero-order valence-corrected chi connectivity index (χ0v) is 3.76. The molecule has 0 bridgehead atoms. The van der Waals surface area contributed by atoms with Crippen molar-refractivity contribution in [1.82, 2.24) is 0 Å². The van der Waals surface area contributed by atoms with E-state index in [1.807, 2.05) is 0 Å². The maximum absolute atomic E-state index is 11.2. The molecule has 0 aromatic heterocycles. The molecule has 0 radical (unpaired) electrons. The second-order valence-electron chi connectivity index (χ2n) is 0.978. The van der Waals surface area contributed by atoms with Crippen LogP contribution in [-0.2, 0) is 4.79 Å². The fourth-order valence-corrected chi connectivity index (χ4v) is 0.0718. The summed E-state index contributed by atoms with van der Waals surface area (Å²) in [6.45, 7) is 2.53. The van der Waals surface area contributed by atoms with Crippen molar-refractivity contribution in [1.29, 1.82) is 0 Å². The molecule has 5 heteroatoms. The van der Waals surface area contributed by atoms with Gasteiger partial charge in [0.15, 0.2) is 0 Å². The molecule has 0 aromatic rings. The lowest BCUT2D eigenvalue weighted by Crippen LogP contribution is -2.03. The van der Waals surface area contributed by atoms with E-state index in [0.717, 1.165) is 0 Å². The molecule has 0 aliphatic rings. The van der Waals surface area contributed by atoms with E-state index in [2.05, 4.69) is 6.58 Å². The summed E-state index contributed by atoms with van der Waals surface area (Å²) in [5.41, 5.74) is -1.23. The van der Waals surface area contributed by atoms with Gasteiger partial charge in [-0.15, -0.1) is 0 Å². The summed E-state index contributed by atoms with van der Waals surface area (Å²) in [7, 11) is 0. The predicted molar refractivity (Wildman–Crippen MR) is 22.2 cm³/mol. The van der Waals surface area contributed by atoms with Gasteiger partial charge in [-0.25, -0.2) is 4.79 Å². The van der Waals surface area contributed by atoms with Crippen LogP contribution in [-0.4, -0.2) is 11.0 Å². The van der Waals surface area contributed by atoms with Crippen molar-refractivity contribution in [2.24, 2.45) is 0 Å². The average molecular weight is 119 g/mol. The van der Waals surface area contributed by atoms with Gasteiger partial charge in [0.05, 0.1) is 4.92 Å². The minimum atomic E-state index is -2.10. The van der Waals surface area contributed by atoms with Crippen LogP contribution in [0.25, 0.3) is 0 Å². The van der Waals surface area contributed by atoms with Crippen LogP contribution in [0.15, 0.2) is 12.3 Å². The molecule has 0 unspecified atom stereocenters. The van der Waals surface area contributed by atoms with E-state index >= 15 is 0 Å². The second-order valence-corrected chi connectivity index (χ2v) is 0.978. The lowest BCUT2D eigenvalue weighted by Gasteiger charge is -1.81. The van der Waals surface area contributed by atoms with E-state index < -0.39 is 16.7 Å². The van der Waals surface area contributed by atoms with E-state index in [0.29, 0.717) is 0 Å². The summed E-state index contributed by atoms with van der Waals surface area (Å²) in [6.07, 6.45) is 0. The molecule has 44 valence electrons. The quantitative estimate of drug-likeness (QED) is 0.227. The molecule has 0 atom stereocenters. The van der Waals surface area contributed by atoms with E-state index in [-0.39, 0.29) is 0 Å². The molecule has 0 saturated carbocycles. The number of carbonyl (C=O) groups excluding carboxylic acids is 1. The van der Waals surface area contributed by atoms with E-state index in [9.17, 15) is 19.3 Å². The molecule has 0 rings (SSSR count). The Morgan fingerprint density at radius 1 is 1.75 bits per heavy atom. The summed E-state index contributed by atoms with van der Waals surface area (Å²) in [4.78, 5) is 17.6. The number of allylic oxidation sites excluding steroid dienone is 1. The largest absolute Gasteiger partial charge is 0.401 e. The third kappa shape index (κ3) is 1.46. The predicted octanol–water partition coefficient (Wildman–Crippen LogP) is 0.273. The Labute approximate surface area is 43.8 Å². The van der Waals surface area contributed by atoms with Gasteiger partial charge >= 0.3 is 11.7 Å². The highest BCUT2D eigenvalue weighted by Gasteiger charge is 2.16. The fraction of sp³-hybridized carbons (Fsp3) is 0. The van der Waals surface area contributed by atoms with Gasteiger partial charge in [-0.2, -0.15) is 4.39 Å². The molecule has 0 aliphatic heterocycles. The van der Waals surface area contributed by atoms with E-state index in [1.165, 1.54) is 0 Å². The summed E-state index contributed by atoms with van der Waals surface area (Å²) >= 11 is 0. The molecule has 8 heavy (non-hydrogen) atoms. The van der Waals surface area contributed by atoms with Crippen LogP contribution in [0.3, 0.4) is 0 Å². The van der Waals surface area contributed by atoms with Gasteiger partial charge < -0.3 is 0 Å². The standard InChI is InChI=1S/C3H2FNO3/c1-2(3(4)6)5(7)8/h1H2. The zero-order valence-electron chi connectivity index (χ0n) is 3.76. The zero-order chi connectivity index (χ0) is 6.73. The molecule has 0 spiro atoms. The van der Waals surface area contributed by atoms with Crippen molar-refractivity contribution >= 4 is 6.04 Å². The minimum absolute atomic E-state index is 1.18. The normalized spacial score (nSPS) is 8.12. The Kier molecular flexibility index (Phi) is 1.81. The number of carbonyl (C=O) groups is 1. The van der Waals surface area contributed by atoms with Crippen molar-refractivity contribution in [3.05, 3.63) is 22.4 Å². The Morgan fingerprint density at radius 3 is 2.12 bits per heavy atom. The summed E-state index contributed by atoms with van der Waals surface area (Å²) < 4.78 is 11.2. The lowest BCUT2D eigenvalue weighted by molar-refractivity contribution is -0.419. The molecular weight excluding hydrogens is 117 g/mol. The van der Waals surface area contributed by atoms with Gasteiger partial charge in [0, 0.05) is 0 Å². The number of nitro groups is 1. The second kappa shape index (κ2) is 2.15. The lowest BCUT2D eigenvalue weighted by atomic mass is 10.6. The first-order valence-electron chi connectivity index (χ1n) is 1.59. The van der Waals surface area contributed by atoms with Crippen molar-refractivity contribution in [3.8, 4) is 0 Å². The first-order chi connectivity index (χ1) is 3.55. The number of rotatable bonds is 2. The van der Waals surface area contributed by atoms with E-state index in [4.69, 9.17) is 0 Å². The van der Waals surface area contributed by atoms with Gasteiger partial charge in [-0.05, 0) is 6.58 Å². The van der Waals surface area contributed by atoms with Gasteiger partial charge in [-0.1, -0.05) is 0 Å². The Bertz CT molecular complexity index is 137. The van der Waals surface area contributed by atoms with Crippen LogP contribution in [0.4, 0.5) is 4.39 Å². The van der Waals surface area contributed by atoms with Crippen molar-refractivity contribution in [3.63, 3.8) is 0 Å². The van der Waals surface area contributed by atoms with Crippen molar-refractivity contribution in [2.75, 3.05) is 0 Å². The fourth-order valence-electron chi connectivity index (χ4n) is 0.0718. The van der Waals surface area contributed by atoms with Crippen LogP contribution in [0.2, 0.25) is 0 Å². The Morgan fingerprint density at radius 2 is 2.12 bits per heavy atom. The molecule has 0 fully saturated rings. The molecule has 0 amide bonds. The number of hydrogen-bond donors (Lipinski definition) is 0. The molecule has 0 saturated heterocycles. The van der Waals surface area contributed by atoms with Crippen LogP contribution < -0.4 is 0 Å². The molecule has 0 aromatic carbocycles. The monoisotopic (exact) mass is 119 g/mol. The smallest absolute Gasteiger partial charge is 0.258 e. The summed E-state index contributed by atoms with van der Waals surface area (Å²) in [5.74, 6) is 0. The summed E-state index contributed by atoms with van der Waals surface area (Å²) in [6, 6.07) is -2.10. The van der Waals surface area contributed by atoms with E-state index in [1.54, 1.807) is 0 Å². The minimum Gasteiger partial charge on any atom is -0.258 e. The SMILES string of the molecule is C=C(C(=O)F)[N+](=O)[O-]. The molecule has 0 heterocycles. The Hall–Kier alpha value is -1.26. The maximum Gasteiger partial charge on any atom is 0.401 e. The third-order valence-electron chi connectivity index (χ3n) is 0.447. The first kappa shape index (κ1) is 6.74. The maximum atomic E-state index is 11.2. The van der Waals surface area contributed by atoms with Crippen LogP contribution in [0.5, 0.6) is 0 Å². The molecule has 0 aliphatic carbocycles.